The molecule has 0 aliphatic carbocycles. The van der Waals surface area contributed by atoms with Gasteiger partial charge in [-0.2, -0.15) is 0 Å². The molecular formula is C18H12Cl2N2O3. The van der Waals surface area contributed by atoms with Gasteiger partial charge in [0.2, 0.25) is 0 Å². The Hall–Kier alpha value is -2.76. The number of rotatable bonds is 4. The molecule has 0 bridgehead atoms. The van der Waals surface area contributed by atoms with Crippen LogP contribution in [0.5, 0.6) is 0 Å². The van der Waals surface area contributed by atoms with Gasteiger partial charge in [0.15, 0.2) is 5.76 Å². The number of furan rings is 1. The van der Waals surface area contributed by atoms with Crippen molar-refractivity contribution in [3.63, 3.8) is 0 Å². The number of amides is 2. The summed E-state index contributed by atoms with van der Waals surface area (Å²) < 4.78 is 5.02. The zero-order valence-electron chi connectivity index (χ0n) is 12.8. The maximum Gasteiger partial charge on any atom is 0.291 e. The van der Waals surface area contributed by atoms with E-state index in [1.807, 2.05) is 0 Å². The number of hydrogen-bond donors (Lipinski definition) is 2. The van der Waals surface area contributed by atoms with Gasteiger partial charge >= 0.3 is 0 Å². The van der Waals surface area contributed by atoms with Crippen LogP contribution in [-0.4, -0.2) is 11.8 Å². The fraction of sp³-hybridized carbons (Fsp3) is 0. The molecule has 1 aromatic heterocycles. The minimum atomic E-state index is -0.412. The summed E-state index contributed by atoms with van der Waals surface area (Å²) >= 11 is 12.0. The van der Waals surface area contributed by atoms with Crippen LogP contribution in [0.1, 0.15) is 20.9 Å². The predicted octanol–water partition coefficient (Wildman–Crippen LogP) is 5.09. The van der Waals surface area contributed by atoms with Crippen molar-refractivity contribution >= 4 is 46.4 Å². The van der Waals surface area contributed by atoms with E-state index in [-0.39, 0.29) is 16.7 Å². The summed E-state index contributed by atoms with van der Waals surface area (Å²) in [5.74, 6) is -0.527. The summed E-state index contributed by atoms with van der Waals surface area (Å²) in [4.78, 5) is 24.1. The monoisotopic (exact) mass is 374 g/mol. The number of carbonyl (C=O) groups is 2. The van der Waals surface area contributed by atoms with Gasteiger partial charge in [0, 0.05) is 16.3 Å². The van der Waals surface area contributed by atoms with E-state index in [0.29, 0.717) is 22.0 Å². The lowest BCUT2D eigenvalue weighted by atomic mass is 10.2. The Morgan fingerprint density at radius 3 is 2.28 bits per heavy atom. The number of carbonyl (C=O) groups excluding carboxylic acids is 2. The SMILES string of the molecule is O=C(Nc1ccc(NC(=O)c2ccco2)c(Cl)c1)c1ccc(Cl)cc1. The fourth-order valence-electron chi connectivity index (χ4n) is 2.09. The molecule has 2 N–H and O–H groups in total. The molecule has 1 heterocycles. The second kappa shape index (κ2) is 7.42. The van der Waals surface area contributed by atoms with Gasteiger partial charge in [0.1, 0.15) is 0 Å². The van der Waals surface area contributed by atoms with Gasteiger partial charge in [-0.15, -0.1) is 0 Å². The van der Waals surface area contributed by atoms with Gasteiger partial charge in [-0.05, 0) is 54.6 Å². The molecule has 0 fully saturated rings. The molecule has 0 spiro atoms. The zero-order chi connectivity index (χ0) is 17.8. The molecule has 25 heavy (non-hydrogen) atoms. The molecule has 0 aliphatic rings. The first kappa shape index (κ1) is 17.1. The van der Waals surface area contributed by atoms with Gasteiger partial charge < -0.3 is 15.1 Å². The number of halogens is 2. The van der Waals surface area contributed by atoms with Gasteiger partial charge in [-0.25, -0.2) is 0 Å². The molecule has 0 saturated heterocycles. The average Bonchev–Trinajstić information content (AvgIpc) is 3.12. The lowest BCUT2D eigenvalue weighted by Gasteiger charge is -2.09. The summed E-state index contributed by atoms with van der Waals surface area (Å²) in [5, 5.41) is 6.21. The molecule has 5 nitrogen and oxygen atoms in total. The molecule has 3 rings (SSSR count). The van der Waals surface area contributed by atoms with E-state index < -0.39 is 5.91 Å². The van der Waals surface area contributed by atoms with E-state index in [1.54, 1.807) is 54.6 Å². The summed E-state index contributed by atoms with van der Waals surface area (Å²) in [5.41, 5.74) is 1.38. The number of anilines is 2. The van der Waals surface area contributed by atoms with Crippen molar-refractivity contribution in [3.8, 4) is 0 Å². The molecule has 0 saturated carbocycles. The van der Waals surface area contributed by atoms with Crippen molar-refractivity contribution in [2.24, 2.45) is 0 Å². The predicted molar refractivity (Wildman–Crippen MR) is 97.5 cm³/mol. The van der Waals surface area contributed by atoms with E-state index in [1.165, 1.54) is 6.26 Å². The van der Waals surface area contributed by atoms with E-state index >= 15 is 0 Å². The van der Waals surface area contributed by atoms with Crippen LogP contribution in [0.15, 0.2) is 65.3 Å². The summed E-state index contributed by atoms with van der Waals surface area (Å²) in [6.07, 6.45) is 1.41. The zero-order valence-corrected chi connectivity index (χ0v) is 14.3. The van der Waals surface area contributed by atoms with Crippen LogP contribution in [0.4, 0.5) is 11.4 Å². The molecule has 0 unspecified atom stereocenters. The molecule has 2 aromatic carbocycles. The first-order valence-electron chi connectivity index (χ1n) is 7.24. The van der Waals surface area contributed by atoms with Crippen molar-refractivity contribution in [1.82, 2.24) is 0 Å². The molecule has 0 atom stereocenters. The summed E-state index contributed by atoms with van der Waals surface area (Å²) in [6, 6.07) is 14.5. The van der Waals surface area contributed by atoms with Crippen molar-refractivity contribution in [1.29, 1.82) is 0 Å². The van der Waals surface area contributed by atoms with E-state index in [4.69, 9.17) is 27.6 Å². The lowest BCUT2D eigenvalue weighted by molar-refractivity contribution is 0.0994. The van der Waals surface area contributed by atoms with Crippen LogP contribution in [0.2, 0.25) is 10.0 Å². The van der Waals surface area contributed by atoms with E-state index in [2.05, 4.69) is 10.6 Å². The summed E-state index contributed by atoms with van der Waals surface area (Å²) in [6.45, 7) is 0. The fourth-order valence-corrected chi connectivity index (χ4v) is 2.44. The second-order valence-corrected chi connectivity index (χ2v) is 5.93. The molecule has 0 aliphatic heterocycles. The highest BCUT2D eigenvalue weighted by Gasteiger charge is 2.12. The van der Waals surface area contributed by atoms with Gasteiger partial charge in [0.05, 0.1) is 17.0 Å². The van der Waals surface area contributed by atoms with Crippen LogP contribution >= 0.6 is 23.2 Å². The maximum atomic E-state index is 12.2. The Morgan fingerprint density at radius 2 is 1.64 bits per heavy atom. The Morgan fingerprint density at radius 1 is 0.880 bits per heavy atom. The molecule has 126 valence electrons. The molecule has 3 aromatic rings. The number of benzene rings is 2. The highest BCUT2D eigenvalue weighted by Crippen LogP contribution is 2.26. The first-order valence-corrected chi connectivity index (χ1v) is 8.00. The van der Waals surface area contributed by atoms with Crippen molar-refractivity contribution in [3.05, 3.63) is 82.2 Å². The van der Waals surface area contributed by atoms with Crippen molar-refractivity contribution in [2.75, 3.05) is 10.6 Å². The summed E-state index contributed by atoms with van der Waals surface area (Å²) in [7, 11) is 0. The Kier molecular flexibility index (Phi) is 5.07. The highest BCUT2D eigenvalue weighted by atomic mass is 35.5. The second-order valence-electron chi connectivity index (χ2n) is 5.09. The minimum absolute atomic E-state index is 0.177. The molecule has 2 amide bonds. The molecular weight excluding hydrogens is 363 g/mol. The van der Waals surface area contributed by atoms with Crippen LogP contribution in [0.25, 0.3) is 0 Å². The smallest absolute Gasteiger partial charge is 0.291 e. The minimum Gasteiger partial charge on any atom is -0.459 e. The van der Waals surface area contributed by atoms with Gasteiger partial charge in [-0.1, -0.05) is 23.2 Å². The van der Waals surface area contributed by atoms with Crippen molar-refractivity contribution < 1.29 is 14.0 Å². The van der Waals surface area contributed by atoms with Gasteiger partial charge in [-0.3, -0.25) is 9.59 Å². The van der Waals surface area contributed by atoms with Crippen LogP contribution in [0.3, 0.4) is 0 Å². The van der Waals surface area contributed by atoms with E-state index in [9.17, 15) is 9.59 Å². The number of nitrogens with one attached hydrogen (secondary N) is 2. The standard InChI is InChI=1S/C18H12Cl2N2O3/c19-12-5-3-11(4-6-12)17(23)21-13-7-8-15(14(20)10-13)22-18(24)16-2-1-9-25-16/h1-10H,(H,21,23)(H,22,24). The van der Waals surface area contributed by atoms with Crippen molar-refractivity contribution in [2.45, 2.75) is 0 Å². The van der Waals surface area contributed by atoms with Gasteiger partial charge in [0.25, 0.3) is 11.8 Å². The average molecular weight is 375 g/mol. The third-order valence-electron chi connectivity index (χ3n) is 3.33. The largest absolute Gasteiger partial charge is 0.459 e. The number of hydrogen-bond acceptors (Lipinski definition) is 3. The van der Waals surface area contributed by atoms with E-state index in [0.717, 1.165) is 0 Å². The van der Waals surface area contributed by atoms with Crippen LogP contribution < -0.4 is 10.6 Å². The normalized spacial score (nSPS) is 10.3. The highest BCUT2D eigenvalue weighted by molar-refractivity contribution is 6.34. The maximum absolute atomic E-state index is 12.2. The third-order valence-corrected chi connectivity index (χ3v) is 3.89. The molecule has 0 radical (unpaired) electrons. The Labute approximate surface area is 153 Å². The first-order chi connectivity index (χ1) is 12.0. The van der Waals surface area contributed by atoms with Crippen LogP contribution in [-0.2, 0) is 0 Å². The third kappa shape index (κ3) is 4.21. The Balaban J connectivity index is 1.70. The molecule has 7 heteroatoms. The topological polar surface area (TPSA) is 71.3 Å². The quantitative estimate of drug-likeness (QED) is 0.667. The van der Waals surface area contributed by atoms with Crippen LogP contribution in [0, 0.1) is 0 Å². The lowest BCUT2D eigenvalue weighted by Crippen LogP contribution is -2.13. The Bertz CT molecular complexity index is 907.